The topological polar surface area (TPSA) is 72.8 Å². The number of aliphatic hydroxyl groups is 1. The molecule has 5 nitrogen and oxygen atoms in total. The third-order valence-corrected chi connectivity index (χ3v) is 9.47. The summed E-state index contributed by atoms with van der Waals surface area (Å²) in [6, 6.07) is 0. The summed E-state index contributed by atoms with van der Waals surface area (Å²) in [6.45, 7) is 4.06. The minimum atomic E-state index is -0.805. The fraction of sp³-hybridized carbons (Fsp3) is 0.714. The molecule has 0 bridgehead atoms. The summed E-state index contributed by atoms with van der Waals surface area (Å²) >= 11 is 0. The molecule has 0 aromatic rings. The van der Waals surface area contributed by atoms with Crippen molar-refractivity contribution >= 4 is 11.9 Å². The van der Waals surface area contributed by atoms with Crippen LogP contribution in [0.1, 0.15) is 206 Å². The van der Waals surface area contributed by atoms with E-state index in [1.165, 1.54) is 122 Å². The second-order valence-electron chi connectivity index (χ2n) is 14.8. The Morgan fingerprint density at radius 3 is 1.20 bits per heavy atom. The standard InChI is InChI=1S/C49H84O5/c1-3-5-7-9-11-13-15-17-19-21-23-24-26-28-30-32-34-36-38-40-42-44-49(52)54-47(45-50)46-53-48(51)43-41-39-37-35-33-31-29-27-25-22-20-18-16-14-12-10-8-6-4-2/h12,14,18-21,24,26,30,32,36,38,47,50H,3-11,13,15-17,22-23,25,27-29,31,33-35,37,39-46H2,1-2H3/b14-12+,20-18+,21-19+,26-24+,32-30+,38-36+/t47-/m0/s1. The van der Waals surface area contributed by atoms with Gasteiger partial charge in [0.05, 0.1) is 6.61 Å². The predicted molar refractivity (Wildman–Crippen MR) is 233 cm³/mol. The largest absolute Gasteiger partial charge is 0.462 e. The van der Waals surface area contributed by atoms with Gasteiger partial charge in [0.25, 0.3) is 0 Å². The van der Waals surface area contributed by atoms with Crippen LogP contribution in [0.5, 0.6) is 0 Å². The predicted octanol–water partition coefficient (Wildman–Crippen LogP) is 14.5. The number of hydrogen-bond acceptors (Lipinski definition) is 5. The first-order valence-corrected chi connectivity index (χ1v) is 22.5. The second kappa shape index (κ2) is 44.7. The van der Waals surface area contributed by atoms with Gasteiger partial charge in [-0.15, -0.1) is 0 Å². The Labute approximate surface area is 333 Å². The molecule has 0 fully saturated rings. The van der Waals surface area contributed by atoms with Crippen LogP contribution in [0.4, 0.5) is 0 Å². The molecule has 54 heavy (non-hydrogen) atoms. The lowest BCUT2D eigenvalue weighted by Gasteiger charge is -2.15. The number of unbranched alkanes of at least 4 members (excludes halogenated alkanes) is 20. The lowest BCUT2D eigenvalue weighted by molar-refractivity contribution is -0.161. The summed E-state index contributed by atoms with van der Waals surface area (Å²) in [6.07, 6.45) is 59.8. The van der Waals surface area contributed by atoms with Crippen LogP contribution in [0.15, 0.2) is 72.9 Å². The van der Waals surface area contributed by atoms with Gasteiger partial charge in [-0.3, -0.25) is 9.59 Å². The molecule has 0 aromatic heterocycles. The molecule has 0 amide bonds. The Bertz CT molecular complexity index is 988. The van der Waals surface area contributed by atoms with Crippen molar-refractivity contribution in [2.75, 3.05) is 13.2 Å². The van der Waals surface area contributed by atoms with E-state index in [-0.39, 0.29) is 31.6 Å². The molecule has 0 rings (SSSR count). The van der Waals surface area contributed by atoms with Crippen molar-refractivity contribution in [3.63, 3.8) is 0 Å². The van der Waals surface area contributed by atoms with E-state index in [0.717, 1.165) is 51.4 Å². The van der Waals surface area contributed by atoms with Crippen LogP contribution in [0.25, 0.3) is 0 Å². The summed E-state index contributed by atoms with van der Waals surface area (Å²) in [4.78, 5) is 24.3. The zero-order valence-electron chi connectivity index (χ0n) is 35.2. The van der Waals surface area contributed by atoms with Crippen LogP contribution in [0.2, 0.25) is 0 Å². The SMILES string of the molecule is CCCCC/C=C/C/C=C/CCCCCCCCCCCC(=O)OC[C@H](CO)OC(=O)CCC/C=C/C/C=C/C/C=C/C/C=C/CCCCCCCCC. The molecule has 0 aliphatic rings. The molecule has 5 heteroatoms. The first kappa shape index (κ1) is 51.3. The zero-order valence-corrected chi connectivity index (χ0v) is 35.2. The third-order valence-electron chi connectivity index (χ3n) is 9.47. The van der Waals surface area contributed by atoms with Gasteiger partial charge in [0.15, 0.2) is 6.10 Å². The normalized spacial score (nSPS) is 12.9. The highest BCUT2D eigenvalue weighted by Crippen LogP contribution is 2.13. The van der Waals surface area contributed by atoms with E-state index in [4.69, 9.17) is 9.47 Å². The lowest BCUT2D eigenvalue weighted by Crippen LogP contribution is -2.28. The molecule has 0 saturated heterocycles. The van der Waals surface area contributed by atoms with Crippen LogP contribution < -0.4 is 0 Å². The molecule has 1 atom stereocenters. The fourth-order valence-corrected chi connectivity index (χ4v) is 6.05. The van der Waals surface area contributed by atoms with E-state index in [9.17, 15) is 14.7 Å². The van der Waals surface area contributed by atoms with Gasteiger partial charge in [-0.2, -0.15) is 0 Å². The number of allylic oxidation sites excluding steroid dienone is 12. The highest BCUT2D eigenvalue weighted by Gasteiger charge is 2.16. The quantitative estimate of drug-likeness (QED) is 0.0383. The summed E-state index contributed by atoms with van der Waals surface area (Å²) in [5, 5.41) is 9.58. The van der Waals surface area contributed by atoms with Gasteiger partial charge < -0.3 is 14.6 Å². The number of hydrogen-bond donors (Lipinski definition) is 1. The maximum Gasteiger partial charge on any atom is 0.306 e. The number of rotatable bonds is 40. The van der Waals surface area contributed by atoms with Gasteiger partial charge in [0.2, 0.25) is 0 Å². The Morgan fingerprint density at radius 2 is 0.759 bits per heavy atom. The number of carbonyl (C=O) groups is 2. The molecule has 0 saturated carbocycles. The Balaban J connectivity index is 3.65. The molecule has 0 unspecified atom stereocenters. The van der Waals surface area contributed by atoms with E-state index >= 15 is 0 Å². The number of esters is 2. The average Bonchev–Trinajstić information content (AvgIpc) is 3.17. The third kappa shape index (κ3) is 42.1. The van der Waals surface area contributed by atoms with E-state index in [1.807, 2.05) is 0 Å². The van der Waals surface area contributed by atoms with Crippen molar-refractivity contribution in [3.8, 4) is 0 Å². The van der Waals surface area contributed by atoms with E-state index in [0.29, 0.717) is 12.8 Å². The summed E-state index contributed by atoms with van der Waals surface area (Å²) in [5.41, 5.74) is 0. The monoisotopic (exact) mass is 753 g/mol. The van der Waals surface area contributed by atoms with E-state index in [1.54, 1.807) is 0 Å². The van der Waals surface area contributed by atoms with Gasteiger partial charge in [-0.25, -0.2) is 0 Å². The smallest absolute Gasteiger partial charge is 0.306 e. The molecule has 1 N–H and O–H groups in total. The molecule has 0 aliphatic carbocycles. The first-order valence-electron chi connectivity index (χ1n) is 22.5. The summed E-state index contributed by atoms with van der Waals surface area (Å²) in [7, 11) is 0. The second-order valence-corrected chi connectivity index (χ2v) is 14.8. The Hall–Kier alpha value is -2.66. The van der Waals surface area contributed by atoms with Crippen molar-refractivity contribution in [2.24, 2.45) is 0 Å². The zero-order chi connectivity index (χ0) is 39.3. The highest BCUT2D eigenvalue weighted by atomic mass is 16.6. The van der Waals surface area contributed by atoms with Crippen molar-refractivity contribution in [3.05, 3.63) is 72.9 Å². The molecular weight excluding hydrogens is 669 g/mol. The fourth-order valence-electron chi connectivity index (χ4n) is 6.05. The van der Waals surface area contributed by atoms with Crippen molar-refractivity contribution < 1.29 is 24.2 Å². The van der Waals surface area contributed by atoms with Crippen molar-refractivity contribution in [1.82, 2.24) is 0 Å². The van der Waals surface area contributed by atoms with Crippen LogP contribution in [-0.2, 0) is 19.1 Å². The minimum absolute atomic E-state index is 0.0928. The average molecular weight is 753 g/mol. The van der Waals surface area contributed by atoms with Crippen molar-refractivity contribution in [1.29, 1.82) is 0 Å². The van der Waals surface area contributed by atoms with Gasteiger partial charge in [-0.05, 0) is 83.5 Å². The maximum atomic E-state index is 12.2. The van der Waals surface area contributed by atoms with Crippen LogP contribution in [0, 0.1) is 0 Å². The van der Waals surface area contributed by atoms with Gasteiger partial charge in [-0.1, -0.05) is 183 Å². The Morgan fingerprint density at radius 1 is 0.426 bits per heavy atom. The van der Waals surface area contributed by atoms with E-state index in [2.05, 4.69) is 86.8 Å². The Kier molecular flexibility index (Phi) is 42.5. The van der Waals surface area contributed by atoms with Crippen LogP contribution in [-0.4, -0.2) is 36.4 Å². The lowest BCUT2D eigenvalue weighted by atomic mass is 10.1. The minimum Gasteiger partial charge on any atom is -0.462 e. The van der Waals surface area contributed by atoms with Crippen LogP contribution in [0.3, 0.4) is 0 Å². The summed E-state index contributed by atoms with van der Waals surface area (Å²) < 4.78 is 10.6. The van der Waals surface area contributed by atoms with E-state index < -0.39 is 6.10 Å². The molecule has 310 valence electrons. The highest BCUT2D eigenvalue weighted by molar-refractivity contribution is 5.70. The molecule has 0 heterocycles. The summed E-state index contributed by atoms with van der Waals surface area (Å²) in [5.74, 6) is -0.663. The van der Waals surface area contributed by atoms with Gasteiger partial charge in [0.1, 0.15) is 6.61 Å². The molecule has 0 spiro atoms. The molecular formula is C49H84O5. The number of aliphatic hydroxyl groups excluding tert-OH is 1. The van der Waals surface area contributed by atoms with Crippen LogP contribution >= 0.6 is 0 Å². The molecule has 0 radical (unpaired) electrons. The maximum absolute atomic E-state index is 12.2. The van der Waals surface area contributed by atoms with Crippen molar-refractivity contribution in [2.45, 2.75) is 213 Å². The number of carbonyl (C=O) groups excluding carboxylic acids is 2. The van der Waals surface area contributed by atoms with Gasteiger partial charge in [0, 0.05) is 12.8 Å². The first-order chi connectivity index (χ1) is 26.6. The molecule has 0 aliphatic heterocycles. The van der Waals surface area contributed by atoms with Gasteiger partial charge >= 0.3 is 11.9 Å². The number of ether oxygens (including phenoxy) is 2. The molecule has 0 aromatic carbocycles.